The number of nitrogens with zero attached hydrogens (tertiary/aromatic N) is 2. The van der Waals surface area contributed by atoms with Gasteiger partial charge in [0.25, 0.3) is 0 Å². The molecular weight excluding hydrogens is 291 g/mol. The molecule has 0 amide bonds. The molecule has 1 aromatic rings. The molecule has 0 saturated carbocycles. The fraction of sp³-hybridized carbons (Fsp3) is 0.500. The number of rotatable bonds is 1. The maximum Gasteiger partial charge on any atom is 0.673 e. The maximum absolute atomic E-state index is 11.7. The minimum absolute atomic E-state index is 0.363. The zero-order chi connectivity index (χ0) is 16.8. The van der Waals surface area contributed by atoms with E-state index >= 15 is 0 Å². The molecule has 0 radical (unpaired) electrons. The molecule has 0 aliphatic heterocycles. The number of ether oxygens (including phenoxy) is 1. The van der Waals surface area contributed by atoms with Crippen LogP contribution in [0.25, 0.3) is 0 Å². The topological polar surface area (TPSA) is 33.4 Å². The van der Waals surface area contributed by atoms with Crippen LogP contribution in [0.4, 0.5) is 27.7 Å². The summed E-state index contributed by atoms with van der Waals surface area (Å²) in [5.41, 5.74) is 0.574. The Morgan fingerprint density at radius 1 is 1.14 bits per heavy atom. The second-order valence-electron chi connectivity index (χ2n) is 5.33. The number of hydrogen-bond donors (Lipinski definition) is 0. The van der Waals surface area contributed by atoms with Crippen molar-refractivity contribution < 1.29 is 31.4 Å². The lowest BCUT2D eigenvalue weighted by molar-refractivity contribution is -0.588. The lowest BCUT2D eigenvalue weighted by Crippen LogP contribution is -2.46. The van der Waals surface area contributed by atoms with E-state index in [0.717, 1.165) is 5.69 Å². The third-order valence-electron chi connectivity index (χ3n) is 1.93. The molecule has 4 nitrogen and oxygen atoms in total. The minimum atomic E-state index is -6.00. The smallest absolute Gasteiger partial charge is 0.418 e. The molecule has 1 aromatic heterocycles. The van der Waals surface area contributed by atoms with Crippen LogP contribution in [0.2, 0.25) is 0 Å². The van der Waals surface area contributed by atoms with Crippen molar-refractivity contribution in [2.24, 2.45) is 0 Å². The van der Waals surface area contributed by atoms with Crippen molar-refractivity contribution in [1.29, 1.82) is 0 Å². The van der Waals surface area contributed by atoms with Crippen molar-refractivity contribution in [2.45, 2.75) is 26.4 Å². The first-order valence-corrected chi connectivity index (χ1v) is 6.09. The van der Waals surface area contributed by atoms with E-state index < -0.39 is 12.9 Å². The standard InChI is InChI=1S/C12H19N2O2.BF4/c1-12(2,3)16-11(15)14-8-6-10(7-9-14)13(4)5;2-1(3,4)5/h6-9H,1-5H3;/q+1;-1. The van der Waals surface area contributed by atoms with Crippen LogP contribution in [-0.2, 0) is 4.74 Å². The van der Waals surface area contributed by atoms with Gasteiger partial charge in [0, 0.05) is 31.9 Å². The van der Waals surface area contributed by atoms with Crippen LogP contribution in [0.1, 0.15) is 20.8 Å². The number of carbonyl (C=O) groups is 1. The van der Waals surface area contributed by atoms with Gasteiger partial charge in [-0.15, -0.1) is 0 Å². The maximum atomic E-state index is 11.7. The number of halogens is 4. The summed E-state index contributed by atoms with van der Waals surface area (Å²) in [6.45, 7) is 5.54. The fourth-order valence-electron chi connectivity index (χ4n) is 1.15. The highest BCUT2D eigenvalue weighted by molar-refractivity contribution is 6.50. The first-order valence-electron chi connectivity index (χ1n) is 6.09. The van der Waals surface area contributed by atoms with Gasteiger partial charge < -0.3 is 26.9 Å². The fourth-order valence-corrected chi connectivity index (χ4v) is 1.15. The Labute approximate surface area is 121 Å². The molecule has 0 unspecified atom stereocenters. The number of aromatic nitrogens is 1. The molecule has 0 fully saturated rings. The summed E-state index contributed by atoms with van der Waals surface area (Å²) in [6, 6.07) is 3.73. The average Bonchev–Trinajstić information content (AvgIpc) is 2.24. The van der Waals surface area contributed by atoms with E-state index in [1.54, 1.807) is 12.4 Å². The molecule has 9 heteroatoms. The summed E-state index contributed by atoms with van der Waals surface area (Å²) in [6.07, 6.45) is 3.03. The summed E-state index contributed by atoms with van der Waals surface area (Å²) >= 11 is 0. The van der Waals surface area contributed by atoms with Crippen molar-refractivity contribution in [2.75, 3.05) is 19.0 Å². The second-order valence-corrected chi connectivity index (χ2v) is 5.33. The Morgan fingerprint density at radius 2 is 1.52 bits per heavy atom. The SMILES string of the molecule is CN(C)c1cc[n+](C(=O)OC(C)(C)C)cc1.F[B-](F)(F)F. The van der Waals surface area contributed by atoms with Crippen LogP contribution in [0, 0.1) is 0 Å². The first kappa shape index (κ1) is 19.2. The van der Waals surface area contributed by atoms with Gasteiger partial charge in [-0.1, -0.05) is 4.57 Å². The van der Waals surface area contributed by atoms with Crippen molar-refractivity contribution in [3.8, 4) is 0 Å². The Kier molecular flexibility index (Phi) is 6.66. The van der Waals surface area contributed by atoms with Gasteiger partial charge in [-0.3, -0.25) is 0 Å². The predicted octanol–water partition coefficient (Wildman–Crippen LogP) is 3.12. The van der Waals surface area contributed by atoms with Crippen LogP contribution in [0.3, 0.4) is 0 Å². The van der Waals surface area contributed by atoms with Gasteiger partial charge in [-0.2, -0.15) is 4.79 Å². The molecule has 21 heavy (non-hydrogen) atoms. The molecule has 120 valence electrons. The van der Waals surface area contributed by atoms with Gasteiger partial charge in [0.15, 0.2) is 12.4 Å². The van der Waals surface area contributed by atoms with Gasteiger partial charge in [-0.05, 0) is 20.8 Å². The Balaban J connectivity index is 0.000000690. The average molecular weight is 310 g/mol. The van der Waals surface area contributed by atoms with E-state index in [1.165, 1.54) is 4.57 Å². The summed E-state index contributed by atoms with van der Waals surface area (Å²) in [5.74, 6) is 0. The molecular formula is C12H19BF4N2O2. The number of carbonyl (C=O) groups excluding carboxylic acids is 1. The Hall–Kier alpha value is -1.80. The summed E-state index contributed by atoms with van der Waals surface area (Å²) in [7, 11) is -2.10. The summed E-state index contributed by atoms with van der Waals surface area (Å²) in [5, 5.41) is 0. The molecule has 0 bridgehead atoms. The van der Waals surface area contributed by atoms with Crippen LogP contribution < -0.4 is 9.47 Å². The molecule has 0 spiro atoms. The van der Waals surface area contributed by atoms with E-state index in [0.29, 0.717) is 0 Å². The van der Waals surface area contributed by atoms with E-state index in [9.17, 15) is 22.1 Å². The third-order valence-corrected chi connectivity index (χ3v) is 1.93. The van der Waals surface area contributed by atoms with Crippen LogP contribution in [0.5, 0.6) is 0 Å². The largest absolute Gasteiger partial charge is 0.673 e. The molecule has 0 aliphatic carbocycles. The van der Waals surface area contributed by atoms with Crippen LogP contribution in [-0.4, -0.2) is 33.0 Å². The van der Waals surface area contributed by atoms with E-state index in [2.05, 4.69) is 0 Å². The van der Waals surface area contributed by atoms with Gasteiger partial charge in [0.05, 0.1) is 0 Å². The van der Waals surface area contributed by atoms with Gasteiger partial charge in [0.1, 0.15) is 5.60 Å². The highest BCUT2D eigenvalue weighted by Gasteiger charge is 2.24. The second kappa shape index (κ2) is 7.28. The quantitative estimate of drug-likeness (QED) is 0.454. The molecule has 0 aliphatic rings. The zero-order valence-electron chi connectivity index (χ0n) is 12.6. The van der Waals surface area contributed by atoms with Gasteiger partial charge in [0.2, 0.25) is 0 Å². The van der Waals surface area contributed by atoms with E-state index in [4.69, 9.17) is 4.74 Å². The number of anilines is 1. The van der Waals surface area contributed by atoms with Crippen molar-refractivity contribution >= 4 is 19.0 Å². The highest BCUT2D eigenvalue weighted by atomic mass is 19.5. The van der Waals surface area contributed by atoms with Crippen molar-refractivity contribution in [3.05, 3.63) is 24.5 Å². The normalized spacial score (nSPS) is 11.3. The molecule has 1 rings (SSSR count). The van der Waals surface area contributed by atoms with Crippen molar-refractivity contribution in [3.63, 3.8) is 0 Å². The lowest BCUT2D eigenvalue weighted by atomic mass is 10.2. The molecule has 0 saturated heterocycles. The summed E-state index contributed by atoms with van der Waals surface area (Å²) in [4.78, 5) is 13.6. The molecule has 0 aromatic carbocycles. The summed E-state index contributed by atoms with van der Waals surface area (Å²) < 4.78 is 45.7. The highest BCUT2D eigenvalue weighted by Crippen LogP contribution is 2.08. The monoisotopic (exact) mass is 310 g/mol. The zero-order valence-corrected chi connectivity index (χ0v) is 12.6. The molecule has 0 atom stereocenters. The van der Waals surface area contributed by atoms with E-state index in [-0.39, 0.29) is 6.09 Å². The van der Waals surface area contributed by atoms with E-state index in [1.807, 2.05) is 51.9 Å². The van der Waals surface area contributed by atoms with Gasteiger partial charge in [-0.25, -0.2) is 0 Å². The predicted molar refractivity (Wildman–Crippen MR) is 72.8 cm³/mol. The number of hydrogen-bond acceptors (Lipinski definition) is 3. The Morgan fingerprint density at radius 3 is 1.81 bits per heavy atom. The third kappa shape index (κ3) is 10.6. The van der Waals surface area contributed by atoms with Crippen LogP contribution >= 0.6 is 0 Å². The van der Waals surface area contributed by atoms with Crippen LogP contribution in [0.15, 0.2) is 24.5 Å². The molecule has 1 heterocycles. The molecule has 0 N–H and O–H groups in total. The van der Waals surface area contributed by atoms with Crippen molar-refractivity contribution in [1.82, 2.24) is 0 Å². The first-order chi connectivity index (χ1) is 9.29. The lowest BCUT2D eigenvalue weighted by Gasteiger charge is -2.16. The van der Waals surface area contributed by atoms with Gasteiger partial charge >= 0.3 is 13.3 Å². The minimum Gasteiger partial charge on any atom is -0.418 e. The number of pyridine rings is 1. The Bertz CT molecular complexity index is 450.